The molecule has 1 unspecified atom stereocenters. The zero-order chi connectivity index (χ0) is 14.9. The van der Waals surface area contributed by atoms with Crippen LogP contribution in [0.1, 0.15) is 22.7 Å². The Morgan fingerprint density at radius 3 is 2.55 bits per heavy atom. The molecule has 0 saturated carbocycles. The Balaban J connectivity index is 2.24. The van der Waals surface area contributed by atoms with E-state index in [1.807, 2.05) is 26.0 Å². The lowest BCUT2D eigenvalue weighted by molar-refractivity contribution is 0.568. The predicted octanol–water partition coefficient (Wildman–Crippen LogP) is 3.33. The Hall–Kier alpha value is -1.08. The first kappa shape index (κ1) is 15.3. The summed E-state index contributed by atoms with van der Waals surface area (Å²) in [6.45, 7) is 3.79. The lowest BCUT2D eigenvalue weighted by atomic mass is 10.3. The monoisotopic (exact) mass is 330 g/mol. The van der Waals surface area contributed by atoms with Gasteiger partial charge in [0.15, 0.2) is 0 Å². The van der Waals surface area contributed by atoms with Gasteiger partial charge in [-0.3, -0.25) is 0 Å². The summed E-state index contributed by atoms with van der Waals surface area (Å²) >= 11 is 7.36. The van der Waals surface area contributed by atoms with Gasteiger partial charge >= 0.3 is 0 Å². The molecule has 4 nitrogen and oxygen atoms in total. The molecule has 108 valence electrons. The number of rotatable bonds is 4. The molecule has 1 atom stereocenters. The summed E-state index contributed by atoms with van der Waals surface area (Å²) in [7, 11) is -3.62. The molecule has 2 aromatic rings. The van der Waals surface area contributed by atoms with Crippen LogP contribution >= 0.6 is 22.9 Å². The highest BCUT2D eigenvalue weighted by Gasteiger charge is 2.19. The molecule has 3 N–H and O–H groups in total. The first-order valence-electron chi connectivity index (χ1n) is 5.93. The van der Waals surface area contributed by atoms with E-state index >= 15 is 0 Å². The van der Waals surface area contributed by atoms with Crippen LogP contribution in [0.3, 0.4) is 0 Å². The van der Waals surface area contributed by atoms with Crippen molar-refractivity contribution in [2.45, 2.75) is 24.8 Å². The van der Waals surface area contributed by atoms with Crippen molar-refractivity contribution in [3.63, 3.8) is 0 Å². The van der Waals surface area contributed by atoms with Crippen molar-refractivity contribution in [2.24, 2.45) is 0 Å². The third-order valence-electron chi connectivity index (χ3n) is 2.80. The molecular formula is C13H15ClN2O2S2. The van der Waals surface area contributed by atoms with E-state index in [0.717, 1.165) is 9.75 Å². The molecule has 1 heterocycles. The molecule has 2 rings (SSSR count). The van der Waals surface area contributed by atoms with Crippen molar-refractivity contribution in [2.75, 3.05) is 5.73 Å². The van der Waals surface area contributed by atoms with Crippen LogP contribution in [0.25, 0.3) is 0 Å². The average molecular weight is 331 g/mol. The van der Waals surface area contributed by atoms with Gasteiger partial charge in [0.25, 0.3) is 0 Å². The number of hydrogen-bond acceptors (Lipinski definition) is 4. The van der Waals surface area contributed by atoms with E-state index in [2.05, 4.69) is 4.72 Å². The van der Waals surface area contributed by atoms with E-state index < -0.39 is 10.0 Å². The quantitative estimate of drug-likeness (QED) is 0.844. The molecule has 1 aromatic heterocycles. The van der Waals surface area contributed by atoms with Gasteiger partial charge in [-0.2, -0.15) is 0 Å². The largest absolute Gasteiger partial charge is 0.397 e. The smallest absolute Gasteiger partial charge is 0.241 e. The fourth-order valence-corrected chi connectivity index (χ4v) is 4.06. The molecular weight excluding hydrogens is 316 g/mol. The number of hydrogen-bond donors (Lipinski definition) is 2. The molecule has 0 bridgehead atoms. The summed E-state index contributed by atoms with van der Waals surface area (Å²) in [6.07, 6.45) is 0. The third kappa shape index (κ3) is 3.32. The van der Waals surface area contributed by atoms with Crippen LogP contribution in [-0.4, -0.2) is 8.42 Å². The number of nitrogen functional groups attached to an aromatic ring is 1. The molecule has 0 saturated heterocycles. The molecule has 0 fully saturated rings. The third-order valence-corrected chi connectivity index (χ3v) is 5.86. The highest BCUT2D eigenvalue weighted by Crippen LogP contribution is 2.26. The number of nitrogens with one attached hydrogen (secondary N) is 1. The molecule has 7 heteroatoms. The molecule has 0 aliphatic carbocycles. The second-order valence-corrected chi connectivity index (χ2v) is 7.92. The van der Waals surface area contributed by atoms with Gasteiger partial charge in [-0.25, -0.2) is 13.1 Å². The molecule has 1 aromatic carbocycles. The zero-order valence-electron chi connectivity index (χ0n) is 11.1. The van der Waals surface area contributed by atoms with Crippen LogP contribution in [0.5, 0.6) is 0 Å². The van der Waals surface area contributed by atoms with Gasteiger partial charge in [0.05, 0.1) is 21.6 Å². The van der Waals surface area contributed by atoms with Crippen molar-refractivity contribution in [3.8, 4) is 0 Å². The van der Waals surface area contributed by atoms with Gasteiger partial charge in [0.2, 0.25) is 10.0 Å². The van der Waals surface area contributed by atoms with Crippen molar-refractivity contribution in [3.05, 3.63) is 45.1 Å². The number of halogens is 1. The number of thiophene rings is 1. The van der Waals surface area contributed by atoms with Gasteiger partial charge in [-0.15, -0.1) is 11.3 Å². The average Bonchev–Trinajstić information content (AvgIpc) is 2.79. The maximum atomic E-state index is 12.3. The highest BCUT2D eigenvalue weighted by atomic mass is 35.5. The van der Waals surface area contributed by atoms with Crippen molar-refractivity contribution < 1.29 is 8.42 Å². The van der Waals surface area contributed by atoms with E-state index in [-0.39, 0.29) is 16.6 Å². The topological polar surface area (TPSA) is 72.2 Å². The maximum absolute atomic E-state index is 12.3. The fourth-order valence-electron chi connectivity index (χ4n) is 1.73. The molecule has 0 aliphatic heterocycles. The second kappa shape index (κ2) is 5.73. The van der Waals surface area contributed by atoms with Gasteiger partial charge in [-0.1, -0.05) is 11.6 Å². The maximum Gasteiger partial charge on any atom is 0.241 e. The van der Waals surface area contributed by atoms with Crippen LogP contribution < -0.4 is 10.5 Å². The summed E-state index contributed by atoms with van der Waals surface area (Å²) in [5.41, 5.74) is 5.89. The van der Waals surface area contributed by atoms with Crippen LogP contribution in [0, 0.1) is 6.92 Å². The summed E-state index contributed by atoms with van der Waals surface area (Å²) in [5.74, 6) is 0. The summed E-state index contributed by atoms with van der Waals surface area (Å²) in [4.78, 5) is 2.22. The van der Waals surface area contributed by atoms with Gasteiger partial charge in [0, 0.05) is 9.75 Å². The zero-order valence-corrected chi connectivity index (χ0v) is 13.4. The first-order chi connectivity index (χ1) is 9.29. The Kier molecular flexibility index (Phi) is 4.39. The molecule has 20 heavy (non-hydrogen) atoms. The van der Waals surface area contributed by atoms with Crippen LogP contribution in [-0.2, 0) is 10.0 Å². The van der Waals surface area contributed by atoms with E-state index in [1.54, 1.807) is 11.3 Å². The Bertz CT molecular complexity index is 726. The van der Waals surface area contributed by atoms with Crippen LogP contribution in [0.15, 0.2) is 35.2 Å². The molecule has 0 spiro atoms. The SMILES string of the molecule is Cc1ccc(C(C)NS(=O)(=O)c2ccc(Cl)c(N)c2)s1. The minimum absolute atomic E-state index is 0.111. The van der Waals surface area contributed by atoms with E-state index in [0.29, 0.717) is 5.02 Å². The molecule has 0 amide bonds. The van der Waals surface area contributed by atoms with Crippen molar-refractivity contribution >= 4 is 38.6 Å². The molecule has 0 radical (unpaired) electrons. The summed E-state index contributed by atoms with van der Waals surface area (Å²) < 4.78 is 27.2. The minimum atomic E-state index is -3.62. The number of aryl methyl sites for hydroxylation is 1. The van der Waals surface area contributed by atoms with E-state index in [9.17, 15) is 8.42 Å². The number of anilines is 1. The number of benzene rings is 1. The van der Waals surface area contributed by atoms with Gasteiger partial charge in [-0.05, 0) is 44.2 Å². The van der Waals surface area contributed by atoms with E-state index in [1.165, 1.54) is 18.2 Å². The number of nitrogens with two attached hydrogens (primary N) is 1. The number of sulfonamides is 1. The lowest BCUT2D eigenvalue weighted by Crippen LogP contribution is -2.26. The van der Waals surface area contributed by atoms with Crippen LogP contribution in [0.4, 0.5) is 5.69 Å². The first-order valence-corrected chi connectivity index (χ1v) is 8.61. The van der Waals surface area contributed by atoms with E-state index in [4.69, 9.17) is 17.3 Å². The predicted molar refractivity (Wildman–Crippen MR) is 83.7 cm³/mol. The van der Waals surface area contributed by atoms with Gasteiger partial charge in [0.1, 0.15) is 0 Å². The Labute approximate surface area is 127 Å². The Morgan fingerprint density at radius 2 is 2.00 bits per heavy atom. The lowest BCUT2D eigenvalue weighted by Gasteiger charge is -2.13. The minimum Gasteiger partial charge on any atom is -0.397 e. The second-order valence-electron chi connectivity index (χ2n) is 4.47. The van der Waals surface area contributed by atoms with Crippen molar-refractivity contribution in [1.82, 2.24) is 4.72 Å². The summed E-state index contributed by atoms with van der Waals surface area (Å²) in [5, 5.41) is 0.339. The summed E-state index contributed by atoms with van der Waals surface area (Å²) in [6, 6.07) is 7.86. The highest BCUT2D eigenvalue weighted by molar-refractivity contribution is 7.89. The van der Waals surface area contributed by atoms with Gasteiger partial charge < -0.3 is 5.73 Å². The Morgan fingerprint density at radius 1 is 1.30 bits per heavy atom. The fraction of sp³-hybridized carbons (Fsp3) is 0.231. The molecule has 0 aliphatic rings. The van der Waals surface area contributed by atoms with Crippen LogP contribution in [0.2, 0.25) is 5.02 Å². The van der Waals surface area contributed by atoms with Crippen molar-refractivity contribution in [1.29, 1.82) is 0 Å². The normalized spacial score (nSPS) is 13.3. The standard InChI is InChI=1S/C13H15ClN2O2S2/c1-8-3-6-13(19-8)9(2)16-20(17,18)10-4-5-11(14)12(15)7-10/h3-7,9,16H,15H2,1-2H3.